The first-order chi connectivity index (χ1) is 11.9. The molecule has 3 aliphatic rings. The van der Waals surface area contributed by atoms with Crippen molar-refractivity contribution in [3.8, 4) is 0 Å². The van der Waals surface area contributed by atoms with Gasteiger partial charge in [-0.05, 0) is 18.4 Å². The summed E-state index contributed by atoms with van der Waals surface area (Å²) >= 11 is 0. The highest BCUT2D eigenvalue weighted by atomic mass is 16.6. The molecule has 2 heterocycles. The van der Waals surface area contributed by atoms with Crippen LogP contribution in [0, 0.1) is 5.92 Å². The van der Waals surface area contributed by atoms with E-state index >= 15 is 0 Å². The van der Waals surface area contributed by atoms with Crippen molar-refractivity contribution in [2.45, 2.75) is 63.1 Å². The molecule has 2 aliphatic heterocycles. The van der Waals surface area contributed by atoms with Gasteiger partial charge in [-0.3, -0.25) is 0 Å². The van der Waals surface area contributed by atoms with E-state index in [1.54, 1.807) is 0 Å². The van der Waals surface area contributed by atoms with Crippen molar-refractivity contribution >= 4 is 0 Å². The van der Waals surface area contributed by atoms with Crippen LogP contribution in [0.1, 0.15) is 37.7 Å². The van der Waals surface area contributed by atoms with Crippen LogP contribution in [0.25, 0.3) is 0 Å². The zero-order chi connectivity index (χ0) is 16.2. The van der Waals surface area contributed by atoms with Crippen LogP contribution in [0.2, 0.25) is 0 Å². The lowest BCUT2D eigenvalue weighted by Crippen LogP contribution is -2.93. The fourth-order valence-electron chi connectivity index (χ4n) is 4.41. The monoisotopic (exact) mass is 332 g/mol. The highest BCUT2D eigenvalue weighted by Crippen LogP contribution is 2.28. The Morgan fingerprint density at radius 3 is 2.58 bits per heavy atom. The van der Waals surface area contributed by atoms with Crippen molar-refractivity contribution in [3.63, 3.8) is 0 Å². The molecule has 0 spiro atoms. The fourth-order valence-corrected chi connectivity index (χ4v) is 4.41. The topological polar surface area (TPSA) is 44.3 Å². The van der Waals surface area contributed by atoms with E-state index in [1.807, 2.05) is 6.07 Å². The van der Waals surface area contributed by atoms with Crippen molar-refractivity contribution in [2.24, 2.45) is 5.92 Å². The van der Waals surface area contributed by atoms with Gasteiger partial charge in [0.25, 0.3) is 0 Å². The Balaban J connectivity index is 1.24. The van der Waals surface area contributed by atoms with Crippen molar-refractivity contribution in [1.82, 2.24) is 0 Å². The van der Waals surface area contributed by atoms with Gasteiger partial charge in [0.1, 0.15) is 31.0 Å². The van der Waals surface area contributed by atoms with Gasteiger partial charge in [0.2, 0.25) is 0 Å². The smallest absolute Gasteiger partial charge is 0.140 e. The highest BCUT2D eigenvalue weighted by Gasteiger charge is 2.50. The third kappa shape index (κ3) is 3.83. The van der Waals surface area contributed by atoms with Gasteiger partial charge in [-0.15, -0.1) is 0 Å². The van der Waals surface area contributed by atoms with Gasteiger partial charge < -0.3 is 19.5 Å². The minimum Gasteiger partial charge on any atom is -0.368 e. The van der Waals surface area contributed by atoms with Gasteiger partial charge in [-0.1, -0.05) is 49.6 Å². The summed E-state index contributed by atoms with van der Waals surface area (Å²) < 4.78 is 18.2. The zero-order valence-corrected chi connectivity index (χ0v) is 14.4. The van der Waals surface area contributed by atoms with Gasteiger partial charge in [-0.25, -0.2) is 0 Å². The zero-order valence-electron chi connectivity index (χ0n) is 14.4. The Bertz CT molecular complexity index is 503. The fraction of sp³-hybridized carbons (Fsp3) is 0.700. The van der Waals surface area contributed by atoms with Crippen molar-refractivity contribution in [2.75, 3.05) is 19.8 Å². The maximum atomic E-state index is 6.08. The van der Waals surface area contributed by atoms with Gasteiger partial charge in [-0.2, -0.15) is 0 Å². The van der Waals surface area contributed by atoms with E-state index < -0.39 is 0 Å². The Kier molecular flexibility index (Phi) is 5.48. The molecule has 2 saturated heterocycles. The van der Waals surface area contributed by atoms with E-state index in [0.29, 0.717) is 19.3 Å². The molecule has 4 nitrogen and oxygen atoms in total. The van der Waals surface area contributed by atoms with E-state index in [2.05, 4.69) is 29.6 Å². The molecule has 0 radical (unpaired) electrons. The highest BCUT2D eigenvalue weighted by molar-refractivity contribution is 5.13. The quantitative estimate of drug-likeness (QED) is 0.865. The van der Waals surface area contributed by atoms with Crippen LogP contribution < -0.4 is 5.32 Å². The average Bonchev–Trinajstić information content (AvgIpc) is 3.22. The third-order valence-corrected chi connectivity index (χ3v) is 5.85. The molecule has 3 fully saturated rings. The molecule has 1 aromatic rings. The van der Waals surface area contributed by atoms with Crippen LogP contribution in [-0.4, -0.2) is 44.1 Å². The van der Waals surface area contributed by atoms with Crippen molar-refractivity contribution in [1.29, 1.82) is 0 Å². The molecule has 0 unspecified atom stereocenters. The van der Waals surface area contributed by atoms with Crippen LogP contribution in [0.5, 0.6) is 0 Å². The second kappa shape index (κ2) is 7.96. The SMILES string of the molecule is c1ccc(CO[C@@H]2CO[C@H]3[C@@H]2OC[C@@H]3[NH2+]CC2CCCCC2)cc1. The number of hydrogen-bond acceptors (Lipinski definition) is 3. The second-order valence-corrected chi connectivity index (χ2v) is 7.57. The van der Waals surface area contributed by atoms with E-state index in [4.69, 9.17) is 14.2 Å². The number of quaternary nitrogens is 1. The summed E-state index contributed by atoms with van der Waals surface area (Å²) in [6.07, 6.45) is 7.45. The number of ether oxygens (including phenoxy) is 3. The van der Waals surface area contributed by atoms with Gasteiger partial charge in [0.15, 0.2) is 0 Å². The van der Waals surface area contributed by atoms with Gasteiger partial charge in [0.05, 0.1) is 19.8 Å². The number of rotatable bonds is 6. The molecule has 132 valence electrons. The normalized spacial score (nSPS) is 33.7. The molecular weight excluding hydrogens is 302 g/mol. The van der Waals surface area contributed by atoms with E-state index in [1.165, 1.54) is 44.2 Å². The van der Waals surface area contributed by atoms with Crippen LogP contribution in [0.15, 0.2) is 30.3 Å². The van der Waals surface area contributed by atoms with Crippen LogP contribution in [-0.2, 0) is 20.8 Å². The molecular formula is C20H30NO3+. The summed E-state index contributed by atoms with van der Waals surface area (Å²) in [4.78, 5) is 0. The summed E-state index contributed by atoms with van der Waals surface area (Å²) in [5.41, 5.74) is 1.21. The first kappa shape index (κ1) is 16.5. The first-order valence-corrected chi connectivity index (χ1v) is 9.62. The van der Waals surface area contributed by atoms with Crippen molar-refractivity contribution < 1.29 is 19.5 Å². The summed E-state index contributed by atoms with van der Waals surface area (Å²) in [6, 6.07) is 10.8. The maximum absolute atomic E-state index is 6.08. The van der Waals surface area contributed by atoms with Crippen molar-refractivity contribution in [3.05, 3.63) is 35.9 Å². The molecule has 1 aromatic carbocycles. The lowest BCUT2D eigenvalue weighted by atomic mass is 9.89. The maximum Gasteiger partial charge on any atom is 0.140 e. The molecule has 2 N–H and O–H groups in total. The van der Waals surface area contributed by atoms with Gasteiger partial charge >= 0.3 is 0 Å². The molecule has 4 heteroatoms. The van der Waals surface area contributed by atoms with Crippen LogP contribution >= 0.6 is 0 Å². The van der Waals surface area contributed by atoms with E-state index in [9.17, 15) is 0 Å². The van der Waals surface area contributed by atoms with Gasteiger partial charge in [0, 0.05) is 5.92 Å². The summed E-state index contributed by atoms with van der Waals surface area (Å²) in [7, 11) is 0. The standard InChI is InChI=1S/C20H29NO3/c1-3-7-15(8-4-1)11-21-17-13-23-20-18(14-24-19(17)20)22-12-16-9-5-2-6-10-16/h2,5-6,9-10,15,17-21H,1,3-4,7-8,11-14H2/p+1/t17-,18+,19+,20+/m0/s1. The summed E-state index contributed by atoms with van der Waals surface area (Å²) in [6.45, 7) is 3.33. The predicted molar refractivity (Wildman–Crippen MR) is 91.7 cm³/mol. The number of nitrogens with two attached hydrogens (primary N) is 1. The Morgan fingerprint density at radius 2 is 1.75 bits per heavy atom. The molecule has 4 atom stereocenters. The summed E-state index contributed by atoms with van der Waals surface area (Å²) in [5.74, 6) is 0.893. The molecule has 0 bridgehead atoms. The number of fused-ring (bicyclic) bond motifs is 1. The molecule has 1 saturated carbocycles. The Morgan fingerprint density at radius 1 is 0.958 bits per heavy atom. The molecule has 4 rings (SSSR count). The minimum atomic E-state index is 0.0725. The van der Waals surface area contributed by atoms with Crippen LogP contribution in [0.4, 0.5) is 0 Å². The number of benzene rings is 1. The molecule has 1 aliphatic carbocycles. The minimum absolute atomic E-state index is 0.0725. The lowest BCUT2D eigenvalue weighted by molar-refractivity contribution is -0.698. The number of hydrogen-bond donors (Lipinski definition) is 1. The summed E-state index contributed by atoms with van der Waals surface area (Å²) in [5, 5.41) is 2.49. The molecule has 0 aromatic heterocycles. The average molecular weight is 332 g/mol. The predicted octanol–water partition coefficient (Wildman–Crippen LogP) is 1.88. The van der Waals surface area contributed by atoms with E-state index in [-0.39, 0.29) is 18.3 Å². The largest absolute Gasteiger partial charge is 0.368 e. The molecule has 0 amide bonds. The lowest BCUT2D eigenvalue weighted by Gasteiger charge is -2.22. The van der Waals surface area contributed by atoms with Crippen LogP contribution in [0.3, 0.4) is 0 Å². The second-order valence-electron chi connectivity index (χ2n) is 7.57. The first-order valence-electron chi connectivity index (χ1n) is 9.62. The third-order valence-electron chi connectivity index (χ3n) is 5.85. The van der Waals surface area contributed by atoms with E-state index in [0.717, 1.165) is 12.5 Å². The Hall–Kier alpha value is -0.940. The Labute approximate surface area is 144 Å². The molecule has 24 heavy (non-hydrogen) atoms.